The maximum Gasteiger partial charge on any atom is 0.314 e. The lowest BCUT2D eigenvalue weighted by atomic mass is 10.0. The number of urea groups is 1. The van der Waals surface area contributed by atoms with Gasteiger partial charge in [0.2, 0.25) is 0 Å². The lowest BCUT2D eigenvalue weighted by molar-refractivity contribution is 0.216. The highest BCUT2D eigenvalue weighted by molar-refractivity contribution is 5.71. The summed E-state index contributed by atoms with van der Waals surface area (Å²) >= 11 is 0. The summed E-state index contributed by atoms with van der Waals surface area (Å²) in [5.74, 6) is 0.666. The molecule has 0 aliphatic rings. The molecule has 3 nitrogen and oxygen atoms in total. The van der Waals surface area contributed by atoms with Crippen LogP contribution in [0.4, 0.5) is 4.79 Å². The molecule has 1 aromatic rings. The van der Waals surface area contributed by atoms with Crippen molar-refractivity contribution in [1.82, 2.24) is 4.90 Å². The molecule has 0 saturated carbocycles. The van der Waals surface area contributed by atoms with Crippen LogP contribution in [-0.2, 0) is 13.0 Å². The van der Waals surface area contributed by atoms with Gasteiger partial charge in [0.1, 0.15) is 0 Å². The van der Waals surface area contributed by atoms with Gasteiger partial charge in [-0.05, 0) is 23.5 Å². The van der Waals surface area contributed by atoms with Crippen molar-refractivity contribution in [1.29, 1.82) is 0 Å². The van der Waals surface area contributed by atoms with Crippen molar-refractivity contribution in [3.05, 3.63) is 35.4 Å². The first-order valence-electron chi connectivity index (χ1n) is 5.57. The van der Waals surface area contributed by atoms with Gasteiger partial charge in [0.05, 0.1) is 0 Å². The largest absolute Gasteiger partial charge is 0.351 e. The van der Waals surface area contributed by atoms with Gasteiger partial charge in [-0.15, -0.1) is 0 Å². The van der Waals surface area contributed by atoms with E-state index in [-0.39, 0.29) is 0 Å². The monoisotopic (exact) mass is 220 g/mol. The summed E-state index contributed by atoms with van der Waals surface area (Å²) < 4.78 is 0. The molecule has 0 radical (unpaired) electrons. The Morgan fingerprint density at radius 3 is 2.19 bits per heavy atom. The van der Waals surface area contributed by atoms with Gasteiger partial charge in [0.25, 0.3) is 0 Å². The van der Waals surface area contributed by atoms with Crippen LogP contribution in [0.2, 0.25) is 0 Å². The normalized spacial score (nSPS) is 10.5. The number of carbonyl (C=O) groups is 1. The van der Waals surface area contributed by atoms with Gasteiger partial charge in [-0.2, -0.15) is 0 Å². The predicted octanol–water partition coefficient (Wildman–Crippen LogP) is 2.40. The number of benzene rings is 1. The van der Waals surface area contributed by atoms with Crippen LogP contribution in [0.3, 0.4) is 0 Å². The molecule has 88 valence electrons. The molecule has 0 unspecified atom stereocenters. The minimum absolute atomic E-state index is 0.397. The molecule has 0 bridgehead atoms. The quantitative estimate of drug-likeness (QED) is 0.832. The van der Waals surface area contributed by atoms with Crippen molar-refractivity contribution in [3.63, 3.8) is 0 Å². The van der Waals surface area contributed by atoms with E-state index in [1.165, 1.54) is 10.5 Å². The van der Waals surface area contributed by atoms with Gasteiger partial charge in [-0.3, -0.25) is 0 Å². The Bertz CT molecular complexity index is 343. The molecule has 16 heavy (non-hydrogen) atoms. The van der Waals surface area contributed by atoms with Gasteiger partial charge in [-0.25, -0.2) is 4.79 Å². The van der Waals surface area contributed by atoms with Crippen molar-refractivity contribution in [2.45, 2.75) is 26.8 Å². The lowest BCUT2D eigenvalue weighted by Crippen LogP contribution is -2.31. The third-order valence-corrected chi connectivity index (χ3v) is 2.46. The second kappa shape index (κ2) is 5.54. The van der Waals surface area contributed by atoms with Crippen molar-refractivity contribution < 1.29 is 4.79 Å². The molecule has 0 aliphatic carbocycles. The van der Waals surface area contributed by atoms with Crippen LogP contribution in [-0.4, -0.2) is 18.0 Å². The summed E-state index contributed by atoms with van der Waals surface area (Å²) in [6.07, 6.45) is 1.09. The van der Waals surface area contributed by atoms with E-state index >= 15 is 0 Å². The standard InChI is InChI=1S/C13H20N2O/c1-10(2)8-11-4-6-12(7-5-11)9-15(3)13(14)16/h4-7,10H,8-9H2,1-3H3,(H2,14,16). The van der Waals surface area contributed by atoms with Gasteiger partial charge in [0.15, 0.2) is 0 Å². The maximum absolute atomic E-state index is 10.9. The molecule has 1 rings (SSSR count). The Kier molecular flexibility index (Phi) is 4.35. The van der Waals surface area contributed by atoms with E-state index in [9.17, 15) is 4.79 Å². The first kappa shape index (κ1) is 12.6. The second-order valence-electron chi connectivity index (χ2n) is 4.61. The fourth-order valence-corrected chi connectivity index (χ4v) is 1.60. The average Bonchev–Trinajstić information content (AvgIpc) is 2.20. The molecule has 0 saturated heterocycles. The summed E-state index contributed by atoms with van der Waals surface area (Å²) in [5, 5.41) is 0. The van der Waals surface area contributed by atoms with Crippen LogP contribution in [0.1, 0.15) is 25.0 Å². The van der Waals surface area contributed by atoms with Crippen molar-refractivity contribution in [2.24, 2.45) is 11.7 Å². The van der Waals surface area contributed by atoms with Crippen molar-refractivity contribution >= 4 is 6.03 Å². The number of nitrogens with two attached hydrogens (primary N) is 1. The second-order valence-corrected chi connectivity index (χ2v) is 4.61. The topological polar surface area (TPSA) is 46.3 Å². The average molecular weight is 220 g/mol. The van der Waals surface area contributed by atoms with E-state index in [1.54, 1.807) is 7.05 Å². The van der Waals surface area contributed by atoms with Gasteiger partial charge in [-0.1, -0.05) is 38.1 Å². The molecule has 0 fully saturated rings. The molecular formula is C13H20N2O. The molecule has 0 aromatic heterocycles. The van der Waals surface area contributed by atoms with Crippen LogP contribution in [0.5, 0.6) is 0 Å². The summed E-state index contributed by atoms with van der Waals surface area (Å²) in [6.45, 7) is 4.97. The van der Waals surface area contributed by atoms with E-state index in [1.807, 2.05) is 0 Å². The lowest BCUT2D eigenvalue weighted by Gasteiger charge is -2.14. The van der Waals surface area contributed by atoms with E-state index in [0.717, 1.165) is 12.0 Å². The third kappa shape index (κ3) is 3.93. The van der Waals surface area contributed by atoms with Crippen LogP contribution >= 0.6 is 0 Å². The van der Waals surface area contributed by atoms with E-state index in [2.05, 4.69) is 38.1 Å². The molecule has 2 amide bonds. The number of hydrogen-bond acceptors (Lipinski definition) is 1. The van der Waals surface area contributed by atoms with Crippen LogP contribution in [0.15, 0.2) is 24.3 Å². The number of primary amides is 1. The highest BCUT2D eigenvalue weighted by Gasteiger charge is 2.04. The van der Waals surface area contributed by atoms with Crippen molar-refractivity contribution in [2.75, 3.05) is 7.05 Å². The Balaban J connectivity index is 2.61. The summed E-state index contributed by atoms with van der Waals surface area (Å²) in [7, 11) is 1.70. The third-order valence-electron chi connectivity index (χ3n) is 2.46. The van der Waals surface area contributed by atoms with Gasteiger partial charge >= 0.3 is 6.03 Å². The Labute approximate surface area is 97.2 Å². The SMILES string of the molecule is CC(C)Cc1ccc(CN(C)C(N)=O)cc1. The maximum atomic E-state index is 10.9. The summed E-state index contributed by atoms with van der Waals surface area (Å²) in [4.78, 5) is 12.4. The predicted molar refractivity (Wildman–Crippen MR) is 66.0 cm³/mol. The Morgan fingerprint density at radius 1 is 1.25 bits per heavy atom. The first-order chi connectivity index (χ1) is 7.49. The van der Waals surface area contributed by atoms with Crippen LogP contribution in [0.25, 0.3) is 0 Å². The van der Waals surface area contributed by atoms with Crippen LogP contribution < -0.4 is 5.73 Å². The molecule has 3 heteroatoms. The summed E-state index contributed by atoms with van der Waals surface area (Å²) in [5.41, 5.74) is 7.61. The fraction of sp³-hybridized carbons (Fsp3) is 0.462. The van der Waals surface area contributed by atoms with E-state index < -0.39 is 6.03 Å². The smallest absolute Gasteiger partial charge is 0.314 e. The zero-order chi connectivity index (χ0) is 12.1. The highest BCUT2D eigenvalue weighted by Crippen LogP contribution is 2.10. The number of carbonyl (C=O) groups excluding carboxylic acids is 1. The van der Waals surface area contributed by atoms with Gasteiger partial charge < -0.3 is 10.6 Å². The number of nitrogens with zero attached hydrogens (tertiary/aromatic N) is 1. The zero-order valence-electron chi connectivity index (χ0n) is 10.2. The number of amides is 2. The van der Waals surface area contributed by atoms with Crippen LogP contribution in [0, 0.1) is 5.92 Å². The molecule has 1 aromatic carbocycles. The molecule has 0 heterocycles. The minimum atomic E-state index is -0.397. The molecule has 2 N–H and O–H groups in total. The highest BCUT2D eigenvalue weighted by atomic mass is 16.2. The molecule has 0 spiro atoms. The zero-order valence-corrected chi connectivity index (χ0v) is 10.2. The first-order valence-corrected chi connectivity index (χ1v) is 5.57. The van der Waals surface area contributed by atoms with Crippen molar-refractivity contribution in [3.8, 4) is 0 Å². The number of hydrogen-bond donors (Lipinski definition) is 1. The molecule has 0 aliphatic heterocycles. The van der Waals surface area contributed by atoms with E-state index in [4.69, 9.17) is 5.73 Å². The van der Waals surface area contributed by atoms with E-state index in [0.29, 0.717) is 12.5 Å². The Hall–Kier alpha value is -1.51. The number of rotatable bonds is 4. The van der Waals surface area contributed by atoms with Gasteiger partial charge in [0, 0.05) is 13.6 Å². The Morgan fingerprint density at radius 2 is 1.75 bits per heavy atom. The summed E-state index contributed by atoms with van der Waals surface area (Å²) in [6, 6.07) is 7.94. The molecular weight excluding hydrogens is 200 g/mol. The fourth-order valence-electron chi connectivity index (χ4n) is 1.60. The molecule has 0 atom stereocenters. The minimum Gasteiger partial charge on any atom is -0.351 e.